The van der Waals surface area contributed by atoms with E-state index in [1.165, 1.54) is 44.5 Å². The van der Waals surface area contributed by atoms with Crippen LogP contribution in [-0.4, -0.2) is 6.04 Å². The van der Waals surface area contributed by atoms with Crippen LogP contribution in [0.2, 0.25) is 0 Å². The van der Waals surface area contributed by atoms with E-state index in [0.717, 1.165) is 90.5 Å². The van der Waals surface area contributed by atoms with Gasteiger partial charge in [-0.25, -0.2) is 0 Å². The molecule has 1 unspecified atom stereocenters. The maximum absolute atomic E-state index is 10.6. The number of nitrogens with zero attached hydrogens (tertiary/aromatic N) is 4. The zero-order chi connectivity index (χ0) is 58.3. The number of aryl methyl sites for hydroxylation is 2. The van der Waals surface area contributed by atoms with Gasteiger partial charge in [0.1, 0.15) is 0 Å². The van der Waals surface area contributed by atoms with Crippen LogP contribution in [0.3, 0.4) is 0 Å². The molecule has 4 nitrogen and oxygen atoms in total. The summed E-state index contributed by atoms with van der Waals surface area (Å²) in [7, 11) is 0. The Morgan fingerprint density at radius 3 is 1.03 bits per heavy atom. The summed E-state index contributed by atoms with van der Waals surface area (Å²) in [5, 5.41) is 21.1. The molecule has 408 valence electrons. The summed E-state index contributed by atoms with van der Waals surface area (Å²) in [5.74, 6) is 0. The third-order valence-corrected chi connectivity index (χ3v) is 16.6. The molecule has 13 rings (SSSR count). The van der Waals surface area contributed by atoms with Crippen LogP contribution in [0.5, 0.6) is 0 Å². The van der Waals surface area contributed by atoms with E-state index < -0.39 is 0 Å². The monoisotopic (exact) mass is 1100 g/mol. The van der Waals surface area contributed by atoms with Gasteiger partial charge < -0.3 is 9.80 Å². The molecule has 0 amide bonds. The highest BCUT2D eigenvalue weighted by Crippen LogP contribution is 2.42. The number of rotatable bonds is 14. The van der Waals surface area contributed by atoms with Crippen LogP contribution in [0.15, 0.2) is 315 Å². The lowest BCUT2D eigenvalue weighted by Crippen LogP contribution is -2.30. The zero-order valence-corrected chi connectivity index (χ0v) is 48.0. The van der Waals surface area contributed by atoms with Crippen LogP contribution in [0, 0.1) is 36.5 Å². The van der Waals surface area contributed by atoms with E-state index in [9.17, 15) is 10.5 Å². The highest BCUT2D eigenvalue weighted by molar-refractivity contribution is 5.87. The van der Waals surface area contributed by atoms with Gasteiger partial charge in [-0.3, -0.25) is 0 Å². The first-order valence-corrected chi connectivity index (χ1v) is 29.3. The van der Waals surface area contributed by atoms with E-state index in [4.69, 9.17) is 0 Å². The number of benzene rings is 12. The fourth-order valence-corrected chi connectivity index (χ4v) is 12.1. The molecule has 0 heterocycles. The van der Waals surface area contributed by atoms with E-state index in [0.29, 0.717) is 11.1 Å². The molecule has 0 spiro atoms. The van der Waals surface area contributed by atoms with Gasteiger partial charge >= 0.3 is 0 Å². The van der Waals surface area contributed by atoms with Gasteiger partial charge in [0.05, 0.1) is 29.3 Å². The van der Waals surface area contributed by atoms with E-state index >= 15 is 0 Å². The number of hydrogen-bond donors (Lipinski definition) is 0. The summed E-state index contributed by atoms with van der Waals surface area (Å²) in [6.45, 7) is 4.40. The Balaban J connectivity index is 0.790. The third-order valence-electron chi connectivity index (χ3n) is 16.6. The van der Waals surface area contributed by atoms with Crippen LogP contribution in [-0.2, 0) is 0 Å². The average molecular weight is 1100 g/mol. The van der Waals surface area contributed by atoms with E-state index in [1.54, 1.807) is 0 Å². The standard InChI is InChI=1S/C82H60N4/c1-57-51-82(70-37-45-76(46-38-70)86(78-48-50-80(72(54-78)56-84)68-21-13-6-14-22-68)74-41-33-66(34-42-74)64-29-25-62(26-30-64)60-17-9-4-10-18-60)58(2)52-81(57)69-35-43-75(44-36-69)85(77-47-49-79(71(53-77)55-83)67-19-11-5-12-20-67)73-39-31-65(32-40-73)63-27-23-61(24-28-63)59-15-7-3-8-16-59/h3-47,49-54,78H,48H2,1-2H3. The minimum atomic E-state index is -0.0919. The largest absolute Gasteiger partial charge is 0.334 e. The van der Waals surface area contributed by atoms with E-state index in [1.807, 2.05) is 66.7 Å². The third kappa shape index (κ3) is 11.2. The molecule has 4 heteroatoms. The van der Waals surface area contributed by atoms with Crippen molar-refractivity contribution in [3.05, 3.63) is 337 Å². The van der Waals surface area contributed by atoms with Crippen LogP contribution < -0.4 is 9.80 Å². The highest BCUT2D eigenvalue weighted by Gasteiger charge is 2.25. The van der Waals surface area contributed by atoms with Crippen molar-refractivity contribution < 1.29 is 0 Å². The fourth-order valence-electron chi connectivity index (χ4n) is 12.1. The van der Waals surface area contributed by atoms with Gasteiger partial charge in [0.25, 0.3) is 0 Å². The Labute approximate surface area is 505 Å². The van der Waals surface area contributed by atoms with Crippen LogP contribution >= 0.6 is 0 Å². The molecule has 0 radical (unpaired) electrons. The normalized spacial score (nSPS) is 12.7. The van der Waals surface area contributed by atoms with Crippen molar-refractivity contribution in [2.24, 2.45) is 0 Å². The predicted octanol–water partition coefficient (Wildman–Crippen LogP) is 21.8. The van der Waals surface area contributed by atoms with Gasteiger partial charge in [-0.1, -0.05) is 243 Å². The molecule has 12 aromatic carbocycles. The van der Waals surface area contributed by atoms with Crippen molar-refractivity contribution in [3.63, 3.8) is 0 Å². The number of hydrogen-bond acceptors (Lipinski definition) is 4. The Kier molecular flexibility index (Phi) is 15.2. The van der Waals surface area contributed by atoms with Gasteiger partial charge in [0, 0.05) is 28.4 Å². The summed E-state index contributed by atoms with van der Waals surface area (Å²) in [6, 6.07) is 110. The Bertz CT molecular complexity index is 4500. The van der Waals surface area contributed by atoms with Crippen LogP contribution in [0.4, 0.5) is 28.4 Å². The molecule has 0 saturated carbocycles. The number of anilines is 5. The predicted molar refractivity (Wildman–Crippen MR) is 358 cm³/mol. The second-order valence-electron chi connectivity index (χ2n) is 21.9. The van der Waals surface area contributed by atoms with Gasteiger partial charge in [-0.2, -0.15) is 10.5 Å². The first-order chi connectivity index (χ1) is 42.3. The van der Waals surface area contributed by atoms with Crippen LogP contribution in [0.25, 0.3) is 83.5 Å². The molecular formula is C82H60N4. The molecule has 12 aromatic rings. The van der Waals surface area contributed by atoms with Gasteiger partial charge in [-0.05, 0) is 187 Å². The maximum Gasteiger partial charge on any atom is 0.0998 e. The summed E-state index contributed by atoms with van der Waals surface area (Å²) in [5.41, 5.74) is 26.5. The van der Waals surface area contributed by atoms with Crippen LogP contribution in [0.1, 0.15) is 28.7 Å². The minimum absolute atomic E-state index is 0.0919. The second-order valence-corrected chi connectivity index (χ2v) is 21.9. The quantitative estimate of drug-likeness (QED) is 0.109. The van der Waals surface area contributed by atoms with Gasteiger partial charge in [0.2, 0.25) is 0 Å². The molecular weight excluding hydrogens is 1040 g/mol. The lowest BCUT2D eigenvalue weighted by atomic mass is 9.89. The van der Waals surface area contributed by atoms with Gasteiger partial charge in [-0.15, -0.1) is 0 Å². The van der Waals surface area contributed by atoms with Crippen molar-refractivity contribution in [2.75, 3.05) is 9.80 Å². The summed E-state index contributed by atoms with van der Waals surface area (Å²) < 4.78 is 0. The summed E-state index contributed by atoms with van der Waals surface area (Å²) in [6.07, 6.45) is 5.10. The summed E-state index contributed by atoms with van der Waals surface area (Å²) >= 11 is 0. The molecule has 1 aliphatic rings. The lowest BCUT2D eigenvalue weighted by molar-refractivity contribution is 0.783. The molecule has 1 atom stereocenters. The second kappa shape index (κ2) is 24.3. The van der Waals surface area contributed by atoms with Crippen molar-refractivity contribution >= 4 is 34.0 Å². The first kappa shape index (κ1) is 54.0. The molecule has 86 heavy (non-hydrogen) atoms. The summed E-state index contributed by atoms with van der Waals surface area (Å²) in [4.78, 5) is 4.61. The molecule has 0 aliphatic heterocycles. The number of nitriles is 2. The van der Waals surface area contributed by atoms with Gasteiger partial charge in [0.15, 0.2) is 0 Å². The molecule has 0 fully saturated rings. The Hall–Kier alpha value is -11.3. The maximum atomic E-state index is 10.6. The molecule has 0 saturated heterocycles. The topological polar surface area (TPSA) is 54.1 Å². The molecule has 0 N–H and O–H groups in total. The molecule has 0 aromatic heterocycles. The zero-order valence-electron chi connectivity index (χ0n) is 48.0. The smallest absolute Gasteiger partial charge is 0.0998 e. The first-order valence-electron chi connectivity index (χ1n) is 29.3. The number of allylic oxidation sites excluding steroid dienone is 2. The Morgan fingerprint density at radius 2 is 0.640 bits per heavy atom. The average Bonchev–Trinajstić information content (AvgIpc) is 2.76. The molecule has 1 aliphatic carbocycles. The Morgan fingerprint density at radius 1 is 0.314 bits per heavy atom. The SMILES string of the molecule is Cc1cc(-c2ccc(N(c3ccc(-c4ccc(-c5ccccc5)cc4)cc3)C3C=C(C#N)C(c4ccccc4)=CC3)cc2)c(C)cc1-c1ccc(N(c2ccc(-c3ccc(-c4ccccc4)cc3)cc2)c2ccc(-c3ccccc3)c(C#N)c2)cc1. The molecule has 0 bridgehead atoms. The van der Waals surface area contributed by atoms with Crippen molar-refractivity contribution in [1.29, 1.82) is 10.5 Å². The lowest BCUT2D eigenvalue weighted by Gasteiger charge is -2.34. The fraction of sp³-hybridized carbons (Fsp3) is 0.0488. The minimum Gasteiger partial charge on any atom is -0.334 e. The van der Waals surface area contributed by atoms with E-state index in [-0.39, 0.29) is 6.04 Å². The highest BCUT2D eigenvalue weighted by atomic mass is 15.2. The van der Waals surface area contributed by atoms with Crippen molar-refractivity contribution in [2.45, 2.75) is 26.3 Å². The van der Waals surface area contributed by atoms with Crippen molar-refractivity contribution in [3.8, 4) is 90.0 Å². The van der Waals surface area contributed by atoms with Crippen molar-refractivity contribution in [1.82, 2.24) is 0 Å². The van der Waals surface area contributed by atoms with E-state index in [2.05, 4.69) is 278 Å².